The number of carbonyl (C=O) groups excluding carboxylic acids is 1. The second-order valence-corrected chi connectivity index (χ2v) is 11.5. The molecular formula is C29H24N10O4S. The molecule has 0 aliphatic heterocycles. The number of fused-ring (bicyclic) bond motifs is 2. The summed E-state index contributed by atoms with van der Waals surface area (Å²) in [7, 11) is -3.78. The van der Waals surface area contributed by atoms with Crippen LogP contribution in [0.2, 0.25) is 0 Å². The molecule has 0 saturated heterocycles. The molecule has 14 nitrogen and oxygen atoms in total. The molecule has 0 fully saturated rings. The van der Waals surface area contributed by atoms with E-state index in [1.807, 2.05) is 6.07 Å². The SMILES string of the molecule is CC(NC(=O)c1c(N)nn2cccnc12)c1nc2cccc(C#Cc3cnn(S(=O)(=O)CN)c3)c2c(=O)n1-c1ccccc1. The minimum atomic E-state index is -3.78. The Labute approximate surface area is 250 Å². The lowest BCUT2D eigenvalue weighted by Crippen LogP contribution is -2.33. The molecule has 0 bridgehead atoms. The zero-order chi connectivity index (χ0) is 31.0. The zero-order valence-corrected chi connectivity index (χ0v) is 23.9. The Morgan fingerprint density at radius 2 is 1.89 bits per heavy atom. The highest BCUT2D eigenvalue weighted by Crippen LogP contribution is 2.22. The number of aromatic nitrogens is 7. The van der Waals surface area contributed by atoms with Crippen LogP contribution in [0.4, 0.5) is 5.82 Å². The Morgan fingerprint density at radius 1 is 1.09 bits per heavy atom. The minimum absolute atomic E-state index is 0.00899. The summed E-state index contributed by atoms with van der Waals surface area (Å²) in [6.45, 7) is 1.71. The Balaban J connectivity index is 1.45. The molecule has 1 unspecified atom stereocenters. The van der Waals surface area contributed by atoms with E-state index in [9.17, 15) is 18.0 Å². The Bertz CT molecular complexity index is 2300. The first-order valence-electron chi connectivity index (χ1n) is 13.2. The van der Waals surface area contributed by atoms with Crippen LogP contribution in [-0.4, -0.2) is 53.5 Å². The standard InChI is InChI=1S/C29H24N10O4S/c1-18(34-28(40)24-25(31)36-37-14-6-13-32-27(24)37)26-35-22-10-5-7-20(12-11-19-15-33-38(16-19)44(42,43)17-30)23(22)29(41)39(26)21-8-3-2-4-9-21/h2-10,13-16,18H,17,30H2,1H3,(H2,31,36)(H,34,40). The van der Waals surface area contributed by atoms with Gasteiger partial charge in [0.25, 0.3) is 21.5 Å². The maximum Gasteiger partial charge on any atom is 0.267 e. The normalized spacial score (nSPS) is 12.1. The number of benzene rings is 2. The summed E-state index contributed by atoms with van der Waals surface area (Å²) in [5, 5.41) is 11.1. The number of nitrogens with zero attached hydrogens (tertiary/aromatic N) is 7. The fraction of sp³-hybridized carbons (Fsp3) is 0.103. The van der Waals surface area contributed by atoms with Gasteiger partial charge in [0.2, 0.25) is 0 Å². The largest absolute Gasteiger partial charge is 0.381 e. The van der Waals surface area contributed by atoms with Gasteiger partial charge in [-0.05, 0) is 37.3 Å². The maximum absolute atomic E-state index is 14.2. The summed E-state index contributed by atoms with van der Waals surface area (Å²) < 4.78 is 27.6. The van der Waals surface area contributed by atoms with Crippen LogP contribution in [0.3, 0.4) is 0 Å². The van der Waals surface area contributed by atoms with Gasteiger partial charge < -0.3 is 16.8 Å². The number of nitrogens with two attached hydrogens (primary N) is 2. The van der Waals surface area contributed by atoms with Crippen molar-refractivity contribution in [2.24, 2.45) is 5.73 Å². The predicted molar refractivity (Wildman–Crippen MR) is 162 cm³/mol. The highest BCUT2D eigenvalue weighted by atomic mass is 32.2. The number of para-hydroxylation sites is 1. The Hall–Kier alpha value is -5.85. The number of nitrogen functional groups attached to an aromatic ring is 1. The van der Waals surface area contributed by atoms with Gasteiger partial charge in [-0.2, -0.15) is 9.19 Å². The predicted octanol–water partition coefficient (Wildman–Crippen LogP) is 1.19. The smallest absolute Gasteiger partial charge is 0.267 e. The molecule has 0 radical (unpaired) electrons. The van der Waals surface area contributed by atoms with E-state index in [1.165, 1.54) is 27.7 Å². The Morgan fingerprint density at radius 3 is 2.66 bits per heavy atom. The van der Waals surface area contributed by atoms with Crippen molar-refractivity contribution in [1.29, 1.82) is 0 Å². The molecule has 6 rings (SSSR count). The molecule has 15 heteroatoms. The van der Waals surface area contributed by atoms with Crippen LogP contribution in [0.5, 0.6) is 0 Å². The lowest BCUT2D eigenvalue weighted by molar-refractivity contribution is 0.0940. The van der Waals surface area contributed by atoms with Crippen molar-refractivity contribution in [2.75, 3.05) is 11.6 Å². The van der Waals surface area contributed by atoms with Crippen molar-refractivity contribution in [2.45, 2.75) is 13.0 Å². The van der Waals surface area contributed by atoms with Crippen LogP contribution >= 0.6 is 0 Å². The van der Waals surface area contributed by atoms with E-state index in [4.69, 9.17) is 16.5 Å². The van der Waals surface area contributed by atoms with Gasteiger partial charge in [0.15, 0.2) is 11.5 Å². The highest BCUT2D eigenvalue weighted by molar-refractivity contribution is 7.89. The molecule has 1 amide bonds. The van der Waals surface area contributed by atoms with Crippen molar-refractivity contribution in [3.8, 4) is 17.5 Å². The van der Waals surface area contributed by atoms with E-state index >= 15 is 0 Å². The van der Waals surface area contributed by atoms with Gasteiger partial charge in [-0.3, -0.25) is 14.2 Å². The number of rotatable bonds is 6. The third-order valence-electron chi connectivity index (χ3n) is 6.72. The van der Waals surface area contributed by atoms with Crippen molar-refractivity contribution in [3.63, 3.8) is 0 Å². The highest BCUT2D eigenvalue weighted by Gasteiger charge is 2.25. The monoisotopic (exact) mass is 608 g/mol. The van der Waals surface area contributed by atoms with Gasteiger partial charge in [0.1, 0.15) is 17.3 Å². The Kier molecular flexibility index (Phi) is 7.13. The van der Waals surface area contributed by atoms with E-state index in [-0.39, 0.29) is 28.2 Å². The van der Waals surface area contributed by atoms with Crippen LogP contribution in [0.25, 0.3) is 22.2 Å². The molecule has 1 atom stereocenters. The molecular weight excluding hydrogens is 584 g/mol. The van der Waals surface area contributed by atoms with Gasteiger partial charge in [-0.1, -0.05) is 36.1 Å². The van der Waals surface area contributed by atoms with Crippen molar-refractivity contribution >= 4 is 38.3 Å². The van der Waals surface area contributed by atoms with Gasteiger partial charge in [-0.25, -0.2) is 22.9 Å². The molecule has 6 aromatic rings. The summed E-state index contributed by atoms with van der Waals surface area (Å²) in [4.78, 5) is 36.6. The first kappa shape index (κ1) is 28.3. The summed E-state index contributed by atoms with van der Waals surface area (Å²) in [6.07, 6.45) is 5.70. The molecule has 220 valence electrons. The van der Waals surface area contributed by atoms with Crippen LogP contribution in [0.15, 0.2) is 84.2 Å². The van der Waals surface area contributed by atoms with Crippen molar-refractivity contribution in [3.05, 3.63) is 112 Å². The number of hydrogen-bond acceptors (Lipinski definition) is 10. The second kappa shape index (κ2) is 11.1. The molecule has 0 saturated carbocycles. The van der Waals surface area contributed by atoms with Gasteiger partial charge in [0.05, 0.1) is 40.6 Å². The molecule has 4 heterocycles. The summed E-state index contributed by atoms with van der Waals surface area (Å²) >= 11 is 0. The first-order valence-corrected chi connectivity index (χ1v) is 14.8. The van der Waals surface area contributed by atoms with Crippen LogP contribution in [0, 0.1) is 11.8 Å². The molecule has 0 spiro atoms. The number of hydrogen-bond donors (Lipinski definition) is 3. The van der Waals surface area contributed by atoms with E-state index in [1.54, 1.807) is 61.7 Å². The molecule has 2 aromatic carbocycles. The third kappa shape index (κ3) is 5.04. The van der Waals surface area contributed by atoms with Crippen LogP contribution in [0.1, 0.15) is 40.3 Å². The number of carbonyl (C=O) groups is 1. The van der Waals surface area contributed by atoms with Gasteiger partial charge in [-0.15, -0.1) is 5.10 Å². The quantitative estimate of drug-likeness (QED) is 0.231. The molecule has 0 aliphatic carbocycles. The zero-order valence-electron chi connectivity index (χ0n) is 23.1. The van der Waals surface area contributed by atoms with Gasteiger partial charge in [0, 0.05) is 18.0 Å². The lowest BCUT2D eigenvalue weighted by Gasteiger charge is -2.20. The number of anilines is 1. The molecule has 5 N–H and O–H groups in total. The first-order chi connectivity index (χ1) is 21.2. The maximum atomic E-state index is 14.2. The third-order valence-corrected chi connectivity index (χ3v) is 7.91. The minimum Gasteiger partial charge on any atom is -0.381 e. The fourth-order valence-electron chi connectivity index (χ4n) is 4.66. The fourth-order valence-corrected chi connectivity index (χ4v) is 5.28. The summed E-state index contributed by atoms with van der Waals surface area (Å²) in [5.74, 6) is 4.94. The molecule has 44 heavy (non-hydrogen) atoms. The van der Waals surface area contributed by atoms with Crippen molar-refractivity contribution in [1.82, 2.24) is 38.7 Å². The van der Waals surface area contributed by atoms with E-state index in [2.05, 4.69) is 32.3 Å². The summed E-state index contributed by atoms with van der Waals surface area (Å²) in [6, 6.07) is 14.8. The van der Waals surface area contributed by atoms with Crippen LogP contribution < -0.4 is 22.3 Å². The lowest BCUT2D eigenvalue weighted by atomic mass is 10.1. The van der Waals surface area contributed by atoms with Gasteiger partial charge >= 0.3 is 0 Å². The second-order valence-electron chi connectivity index (χ2n) is 9.62. The number of nitrogens with one attached hydrogen (secondary N) is 1. The van der Waals surface area contributed by atoms with E-state index in [0.29, 0.717) is 22.3 Å². The van der Waals surface area contributed by atoms with E-state index < -0.39 is 33.4 Å². The average Bonchev–Trinajstić information content (AvgIpc) is 3.64. The van der Waals surface area contributed by atoms with E-state index in [0.717, 1.165) is 4.09 Å². The molecule has 0 aliphatic rings. The van der Waals surface area contributed by atoms with Crippen LogP contribution in [-0.2, 0) is 10.0 Å². The number of amides is 1. The summed E-state index contributed by atoms with van der Waals surface area (Å²) in [5.41, 5.74) is 12.9. The van der Waals surface area contributed by atoms with Crippen molar-refractivity contribution < 1.29 is 13.2 Å². The topological polar surface area (TPSA) is 198 Å². The average molecular weight is 609 g/mol. The molecule has 4 aromatic heterocycles.